The van der Waals surface area contributed by atoms with Gasteiger partial charge in [-0.3, -0.25) is 4.90 Å². The molecular formula is C17H15N3O2. The fourth-order valence-corrected chi connectivity index (χ4v) is 2.87. The van der Waals surface area contributed by atoms with E-state index in [2.05, 4.69) is 4.98 Å². The van der Waals surface area contributed by atoms with Gasteiger partial charge in [0.1, 0.15) is 12.3 Å². The van der Waals surface area contributed by atoms with Crippen molar-refractivity contribution in [1.29, 1.82) is 0 Å². The third-order valence-electron chi connectivity index (χ3n) is 4.02. The number of pyridine rings is 1. The number of benzene rings is 1. The topological polar surface area (TPSA) is 46.8 Å². The van der Waals surface area contributed by atoms with E-state index in [-0.39, 0.29) is 12.1 Å². The Bertz CT molecular complexity index is 841. The van der Waals surface area contributed by atoms with Crippen molar-refractivity contribution in [1.82, 2.24) is 9.38 Å². The number of hydrogen-bond acceptors (Lipinski definition) is 3. The Kier molecular flexibility index (Phi) is 2.85. The van der Waals surface area contributed by atoms with Gasteiger partial charge in [0.25, 0.3) is 0 Å². The van der Waals surface area contributed by atoms with Crippen LogP contribution in [0.3, 0.4) is 0 Å². The summed E-state index contributed by atoms with van der Waals surface area (Å²) in [4.78, 5) is 18.2. The first-order chi connectivity index (χ1) is 10.7. The molecule has 0 aliphatic carbocycles. The Morgan fingerprint density at radius 2 is 2.05 bits per heavy atom. The van der Waals surface area contributed by atoms with Gasteiger partial charge in [0.2, 0.25) is 0 Å². The molecule has 22 heavy (non-hydrogen) atoms. The Hall–Kier alpha value is -2.82. The van der Waals surface area contributed by atoms with Gasteiger partial charge in [-0.1, -0.05) is 30.3 Å². The number of aromatic nitrogens is 2. The summed E-state index contributed by atoms with van der Waals surface area (Å²) in [5, 5.41) is 0. The first-order valence-corrected chi connectivity index (χ1v) is 7.19. The number of anilines is 1. The highest BCUT2D eigenvalue weighted by atomic mass is 16.6. The fraction of sp³-hybridized carbons (Fsp3) is 0.176. The molecule has 1 unspecified atom stereocenters. The second-order valence-electron chi connectivity index (χ2n) is 5.39. The van der Waals surface area contributed by atoms with Gasteiger partial charge < -0.3 is 9.14 Å². The van der Waals surface area contributed by atoms with Crippen molar-refractivity contribution in [3.63, 3.8) is 0 Å². The molecule has 3 heterocycles. The molecule has 0 N–H and O–H groups in total. The molecule has 0 saturated carbocycles. The van der Waals surface area contributed by atoms with Crippen molar-refractivity contribution >= 4 is 17.4 Å². The van der Waals surface area contributed by atoms with Crippen LogP contribution in [-0.2, 0) is 4.74 Å². The van der Waals surface area contributed by atoms with Crippen molar-refractivity contribution < 1.29 is 9.53 Å². The minimum absolute atomic E-state index is 0.104. The SMILES string of the molecule is Cc1cnc2cc(N3C(=O)OCC3c3ccccc3)ccn12. The highest BCUT2D eigenvalue weighted by Crippen LogP contribution is 2.33. The zero-order chi connectivity index (χ0) is 15.1. The number of aryl methyl sites for hydroxylation is 1. The average molecular weight is 293 g/mol. The number of nitrogens with zero attached hydrogens (tertiary/aromatic N) is 3. The van der Waals surface area contributed by atoms with E-state index < -0.39 is 0 Å². The molecule has 1 aliphatic heterocycles. The van der Waals surface area contributed by atoms with E-state index in [0.29, 0.717) is 6.61 Å². The number of amides is 1. The first-order valence-electron chi connectivity index (χ1n) is 7.19. The van der Waals surface area contributed by atoms with E-state index in [1.54, 1.807) is 4.90 Å². The summed E-state index contributed by atoms with van der Waals surface area (Å²) in [7, 11) is 0. The van der Waals surface area contributed by atoms with Crippen LogP contribution in [0, 0.1) is 6.92 Å². The lowest BCUT2D eigenvalue weighted by Crippen LogP contribution is -2.27. The molecule has 5 heteroatoms. The summed E-state index contributed by atoms with van der Waals surface area (Å²) in [5.74, 6) is 0. The van der Waals surface area contributed by atoms with Gasteiger partial charge in [-0.25, -0.2) is 9.78 Å². The summed E-state index contributed by atoms with van der Waals surface area (Å²) in [5.41, 5.74) is 3.74. The molecule has 1 amide bonds. The maximum Gasteiger partial charge on any atom is 0.415 e. The van der Waals surface area contributed by atoms with Crippen molar-refractivity contribution in [3.8, 4) is 0 Å². The molecule has 2 aromatic heterocycles. The van der Waals surface area contributed by atoms with E-state index >= 15 is 0 Å². The zero-order valence-corrected chi connectivity index (χ0v) is 12.1. The maximum atomic E-state index is 12.2. The van der Waals surface area contributed by atoms with Gasteiger partial charge in [0, 0.05) is 24.2 Å². The predicted molar refractivity (Wildman–Crippen MR) is 82.9 cm³/mol. The van der Waals surface area contributed by atoms with Gasteiger partial charge in [-0.2, -0.15) is 0 Å². The molecule has 1 atom stereocenters. The molecule has 5 nitrogen and oxygen atoms in total. The van der Waals surface area contributed by atoms with Crippen molar-refractivity contribution in [2.24, 2.45) is 0 Å². The van der Waals surface area contributed by atoms with Gasteiger partial charge in [0.05, 0.1) is 11.7 Å². The quantitative estimate of drug-likeness (QED) is 0.728. The van der Waals surface area contributed by atoms with Crippen LogP contribution in [0.25, 0.3) is 5.65 Å². The van der Waals surface area contributed by atoms with Crippen molar-refractivity contribution in [2.45, 2.75) is 13.0 Å². The van der Waals surface area contributed by atoms with Crippen LogP contribution < -0.4 is 4.90 Å². The summed E-state index contributed by atoms with van der Waals surface area (Å²) in [6.45, 7) is 2.36. The molecule has 0 radical (unpaired) electrons. The molecule has 1 aromatic carbocycles. The Morgan fingerprint density at radius 1 is 1.23 bits per heavy atom. The third kappa shape index (κ3) is 1.94. The number of carbonyl (C=O) groups is 1. The van der Waals surface area contributed by atoms with E-state index in [9.17, 15) is 4.79 Å². The van der Waals surface area contributed by atoms with Gasteiger partial charge >= 0.3 is 6.09 Å². The van der Waals surface area contributed by atoms with Gasteiger partial charge in [-0.15, -0.1) is 0 Å². The zero-order valence-electron chi connectivity index (χ0n) is 12.1. The van der Waals surface area contributed by atoms with Crippen LogP contribution in [0.1, 0.15) is 17.3 Å². The summed E-state index contributed by atoms with van der Waals surface area (Å²) >= 11 is 0. The van der Waals surface area contributed by atoms with Crippen LogP contribution in [0.2, 0.25) is 0 Å². The Balaban J connectivity index is 1.78. The van der Waals surface area contributed by atoms with E-state index in [1.807, 2.05) is 66.2 Å². The lowest BCUT2D eigenvalue weighted by atomic mass is 10.1. The second-order valence-corrected chi connectivity index (χ2v) is 5.39. The van der Waals surface area contributed by atoms with Crippen molar-refractivity contribution in [3.05, 3.63) is 66.1 Å². The summed E-state index contributed by atoms with van der Waals surface area (Å²) in [6.07, 6.45) is 3.43. The minimum Gasteiger partial charge on any atom is -0.447 e. The lowest BCUT2D eigenvalue weighted by Gasteiger charge is -2.21. The minimum atomic E-state index is -0.318. The molecule has 1 saturated heterocycles. The largest absolute Gasteiger partial charge is 0.447 e. The number of hydrogen-bond donors (Lipinski definition) is 0. The maximum absolute atomic E-state index is 12.2. The lowest BCUT2D eigenvalue weighted by molar-refractivity contribution is 0.179. The van der Waals surface area contributed by atoms with E-state index in [0.717, 1.165) is 22.6 Å². The fourth-order valence-electron chi connectivity index (χ4n) is 2.87. The van der Waals surface area contributed by atoms with Crippen LogP contribution in [0.4, 0.5) is 10.5 Å². The van der Waals surface area contributed by atoms with Crippen molar-refractivity contribution in [2.75, 3.05) is 11.5 Å². The van der Waals surface area contributed by atoms with Gasteiger partial charge in [-0.05, 0) is 18.6 Å². The monoisotopic (exact) mass is 293 g/mol. The van der Waals surface area contributed by atoms with E-state index in [1.165, 1.54) is 0 Å². The summed E-state index contributed by atoms with van der Waals surface area (Å²) < 4.78 is 7.25. The summed E-state index contributed by atoms with van der Waals surface area (Å²) in [6, 6.07) is 13.7. The molecule has 4 rings (SSSR count). The predicted octanol–water partition coefficient (Wildman–Crippen LogP) is 3.34. The van der Waals surface area contributed by atoms with Crippen LogP contribution in [0.15, 0.2) is 54.9 Å². The Labute approximate surface area is 127 Å². The number of carbonyl (C=O) groups excluding carboxylic acids is 1. The molecule has 0 spiro atoms. The number of ether oxygens (including phenoxy) is 1. The number of cyclic esters (lactones) is 1. The number of imidazole rings is 1. The smallest absolute Gasteiger partial charge is 0.415 e. The van der Waals surface area contributed by atoms with E-state index in [4.69, 9.17) is 4.74 Å². The molecular weight excluding hydrogens is 278 g/mol. The number of rotatable bonds is 2. The third-order valence-corrected chi connectivity index (χ3v) is 4.02. The van der Waals surface area contributed by atoms with Gasteiger partial charge in [0.15, 0.2) is 0 Å². The highest BCUT2D eigenvalue weighted by Gasteiger charge is 2.35. The molecule has 3 aromatic rings. The Morgan fingerprint density at radius 3 is 2.86 bits per heavy atom. The first kappa shape index (κ1) is 12.9. The second kappa shape index (κ2) is 4.87. The average Bonchev–Trinajstić information content (AvgIpc) is 3.11. The molecule has 1 fully saturated rings. The molecule has 0 bridgehead atoms. The highest BCUT2D eigenvalue weighted by molar-refractivity contribution is 5.91. The van der Waals surface area contributed by atoms with Crippen LogP contribution in [0.5, 0.6) is 0 Å². The number of fused-ring (bicyclic) bond motifs is 1. The molecule has 1 aliphatic rings. The normalized spacial score (nSPS) is 18.0. The standard InChI is InChI=1S/C17H15N3O2/c1-12-10-18-16-9-14(7-8-19(12)16)20-15(11-22-17(20)21)13-5-3-2-4-6-13/h2-10,15H,11H2,1H3. The van der Waals surface area contributed by atoms with Crippen LogP contribution in [-0.4, -0.2) is 22.1 Å². The molecule has 110 valence electrons. The van der Waals surface area contributed by atoms with Crippen LogP contribution >= 0.6 is 0 Å².